The van der Waals surface area contributed by atoms with E-state index in [1.54, 1.807) is 0 Å². The SMILES string of the molecule is O=CC(CCCCc1ccccc1)P=O. The minimum Gasteiger partial charge on any atom is -0.302 e. The number of unbranched alkanes of at least 4 members (excludes halogenated alkanes) is 1. The van der Waals surface area contributed by atoms with Gasteiger partial charge in [-0.1, -0.05) is 36.8 Å². The van der Waals surface area contributed by atoms with Crippen molar-refractivity contribution in [2.75, 3.05) is 0 Å². The van der Waals surface area contributed by atoms with E-state index in [0.29, 0.717) is 0 Å². The minimum atomic E-state index is -0.305. The molecule has 0 spiro atoms. The van der Waals surface area contributed by atoms with E-state index >= 15 is 0 Å². The van der Waals surface area contributed by atoms with Crippen LogP contribution in [0.4, 0.5) is 0 Å². The molecule has 0 radical (unpaired) electrons. The van der Waals surface area contributed by atoms with Crippen LogP contribution in [0.3, 0.4) is 0 Å². The summed E-state index contributed by atoms with van der Waals surface area (Å²) in [4.78, 5) is 10.4. The maximum atomic E-state index is 10.5. The zero-order valence-electron chi connectivity index (χ0n) is 8.63. The van der Waals surface area contributed by atoms with Crippen LogP contribution in [-0.2, 0) is 15.8 Å². The molecule has 1 atom stereocenters. The van der Waals surface area contributed by atoms with Gasteiger partial charge < -0.3 is 4.79 Å². The predicted octanol–water partition coefficient (Wildman–Crippen LogP) is 3.26. The van der Waals surface area contributed by atoms with Crippen molar-refractivity contribution in [1.29, 1.82) is 0 Å². The average molecular weight is 222 g/mol. The van der Waals surface area contributed by atoms with Crippen molar-refractivity contribution in [3.8, 4) is 0 Å². The second-order valence-electron chi connectivity index (χ2n) is 3.54. The highest BCUT2D eigenvalue weighted by atomic mass is 31.1. The Morgan fingerprint density at radius 2 is 1.93 bits per heavy atom. The van der Waals surface area contributed by atoms with Gasteiger partial charge in [0.25, 0.3) is 0 Å². The molecule has 1 rings (SSSR count). The Kier molecular flexibility index (Phi) is 5.87. The summed E-state index contributed by atoms with van der Waals surface area (Å²) in [5.41, 5.74) is 1.01. The smallest absolute Gasteiger partial charge is 0.166 e. The van der Waals surface area contributed by atoms with Crippen LogP contribution >= 0.6 is 8.46 Å². The second kappa shape index (κ2) is 7.30. The van der Waals surface area contributed by atoms with E-state index in [2.05, 4.69) is 12.1 Å². The highest BCUT2D eigenvalue weighted by Gasteiger charge is 2.05. The normalized spacial score (nSPS) is 12.5. The molecular formula is C12H15O2P. The molecule has 1 aromatic carbocycles. The molecule has 0 bridgehead atoms. The lowest BCUT2D eigenvalue weighted by Gasteiger charge is -2.02. The fourth-order valence-corrected chi connectivity index (χ4v) is 1.81. The third kappa shape index (κ3) is 4.85. The molecule has 0 saturated heterocycles. The molecule has 0 fully saturated rings. The van der Waals surface area contributed by atoms with E-state index in [4.69, 9.17) is 0 Å². The Labute approximate surface area is 91.9 Å². The van der Waals surface area contributed by atoms with Gasteiger partial charge in [0, 0.05) is 0 Å². The summed E-state index contributed by atoms with van der Waals surface area (Å²) in [5.74, 6) is 0. The molecule has 0 aromatic heterocycles. The highest BCUT2D eigenvalue weighted by Crippen LogP contribution is 2.13. The van der Waals surface area contributed by atoms with Crippen LogP contribution < -0.4 is 0 Å². The zero-order valence-corrected chi connectivity index (χ0v) is 9.53. The van der Waals surface area contributed by atoms with E-state index in [0.717, 1.165) is 32.0 Å². The Morgan fingerprint density at radius 3 is 2.53 bits per heavy atom. The fourth-order valence-electron chi connectivity index (χ4n) is 1.47. The maximum absolute atomic E-state index is 10.5. The Morgan fingerprint density at radius 1 is 1.20 bits per heavy atom. The molecular weight excluding hydrogens is 207 g/mol. The highest BCUT2D eigenvalue weighted by molar-refractivity contribution is 7.26. The molecule has 0 aliphatic carbocycles. The summed E-state index contributed by atoms with van der Waals surface area (Å²) >= 11 is 0. The summed E-state index contributed by atoms with van der Waals surface area (Å²) < 4.78 is 10.5. The van der Waals surface area contributed by atoms with E-state index < -0.39 is 0 Å². The van der Waals surface area contributed by atoms with Gasteiger partial charge in [-0.25, -0.2) is 0 Å². The number of carbonyl (C=O) groups is 1. The summed E-state index contributed by atoms with van der Waals surface area (Å²) in [7, 11) is -0.0466. The molecule has 15 heavy (non-hydrogen) atoms. The molecule has 1 unspecified atom stereocenters. The maximum Gasteiger partial charge on any atom is 0.166 e. The first-order valence-corrected chi connectivity index (χ1v) is 6.06. The van der Waals surface area contributed by atoms with Crippen molar-refractivity contribution >= 4 is 14.7 Å². The van der Waals surface area contributed by atoms with E-state index in [1.807, 2.05) is 18.2 Å². The van der Waals surface area contributed by atoms with Gasteiger partial charge in [0.1, 0.15) is 6.29 Å². The Bertz CT molecular complexity index is 290. The summed E-state index contributed by atoms with van der Waals surface area (Å²) in [6.07, 6.45) is 4.53. The van der Waals surface area contributed by atoms with Gasteiger partial charge in [0.2, 0.25) is 0 Å². The fraction of sp³-hybridized carbons (Fsp3) is 0.417. The molecule has 0 heterocycles. The summed E-state index contributed by atoms with van der Waals surface area (Å²) in [5, 5.41) is 0. The lowest BCUT2D eigenvalue weighted by atomic mass is 10.1. The van der Waals surface area contributed by atoms with Gasteiger partial charge in [-0.3, -0.25) is 4.57 Å². The molecule has 3 heteroatoms. The van der Waals surface area contributed by atoms with Crippen LogP contribution in [0.2, 0.25) is 0 Å². The average Bonchev–Trinajstić information content (AvgIpc) is 2.31. The first kappa shape index (κ1) is 12.1. The molecule has 0 saturated carbocycles. The quantitative estimate of drug-likeness (QED) is 0.403. The number of hydrogen-bond donors (Lipinski definition) is 0. The topological polar surface area (TPSA) is 34.1 Å². The first-order chi connectivity index (χ1) is 7.36. The van der Waals surface area contributed by atoms with Gasteiger partial charge >= 0.3 is 0 Å². The van der Waals surface area contributed by atoms with Crippen molar-refractivity contribution in [1.82, 2.24) is 0 Å². The number of carbonyl (C=O) groups excluding carboxylic acids is 1. The van der Waals surface area contributed by atoms with Crippen molar-refractivity contribution in [2.24, 2.45) is 0 Å². The minimum absolute atomic E-state index is 0.0466. The van der Waals surface area contributed by atoms with Crippen molar-refractivity contribution in [2.45, 2.75) is 31.3 Å². The van der Waals surface area contributed by atoms with Crippen LogP contribution in [0.1, 0.15) is 24.8 Å². The zero-order chi connectivity index (χ0) is 10.9. The van der Waals surface area contributed by atoms with Crippen LogP contribution in [0, 0.1) is 0 Å². The predicted molar refractivity (Wildman–Crippen MR) is 61.5 cm³/mol. The van der Waals surface area contributed by atoms with Crippen LogP contribution in [0.25, 0.3) is 0 Å². The number of aldehydes is 1. The van der Waals surface area contributed by atoms with Crippen molar-refractivity contribution < 1.29 is 9.36 Å². The third-order valence-electron chi connectivity index (χ3n) is 2.35. The van der Waals surface area contributed by atoms with Gasteiger partial charge in [-0.05, 0) is 24.8 Å². The van der Waals surface area contributed by atoms with Gasteiger partial charge in [0.15, 0.2) is 8.46 Å². The number of benzene rings is 1. The van der Waals surface area contributed by atoms with Gasteiger partial charge in [-0.2, -0.15) is 0 Å². The molecule has 1 aromatic rings. The second-order valence-corrected chi connectivity index (χ2v) is 4.41. The molecule has 0 aliphatic heterocycles. The molecule has 0 aliphatic rings. The van der Waals surface area contributed by atoms with Crippen molar-refractivity contribution in [3.63, 3.8) is 0 Å². The van der Waals surface area contributed by atoms with E-state index in [9.17, 15) is 9.36 Å². The van der Waals surface area contributed by atoms with Crippen LogP contribution in [0.5, 0.6) is 0 Å². The lowest BCUT2D eigenvalue weighted by Crippen LogP contribution is -1.99. The van der Waals surface area contributed by atoms with Crippen LogP contribution in [0.15, 0.2) is 30.3 Å². The Hall–Kier alpha value is -1.01. The molecule has 2 nitrogen and oxygen atoms in total. The number of aryl methyl sites for hydroxylation is 1. The van der Waals surface area contributed by atoms with E-state index in [-0.39, 0.29) is 14.1 Å². The number of rotatable bonds is 7. The largest absolute Gasteiger partial charge is 0.302 e. The first-order valence-electron chi connectivity index (χ1n) is 5.18. The Balaban J connectivity index is 2.17. The molecule has 0 amide bonds. The van der Waals surface area contributed by atoms with Gasteiger partial charge in [0.05, 0.1) is 5.66 Å². The third-order valence-corrected chi connectivity index (χ3v) is 3.00. The summed E-state index contributed by atoms with van der Waals surface area (Å²) in [6, 6.07) is 10.3. The summed E-state index contributed by atoms with van der Waals surface area (Å²) in [6.45, 7) is 0. The van der Waals surface area contributed by atoms with Gasteiger partial charge in [-0.15, -0.1) is 0 Å². The standard InChI is InChI=1S/C12H15O2P/c13-10-12(15-14)9-5-4-8-11-6-2-1-3-7-11/h1-3,6-7,10,12H,4-5,8-9H2. The van der Waals surface area contributed by atoms with Crippen molar-refractivity contribution in [3.05, 3.63) is 35.9 Å². The van der Waals surface area contributed by atoms with E-state index in [1.165, 1.54) is 5.56 Å². The molecule has 0 N–H and O–H groups in total. The van der Waals surface area contributed by atoms with Crippen LogP contribution in [-0.4, -0.2) is 11.9 Å². The monoisotopic (exact) mass is 222 g/mol. The lowest BCUT2D eigenvalue weighted by molar-refractivity contribution is -0.107. The molecule has 80 valence electrons. The number of hydrogen-bond acceptors (Lipinski definition) is 2.